The maximum Gasteiger partial charge on any atom is 0.326 e. The van der Waals surface area contributed by atoms with E-state index in [1.54, 1.807) is 0 Å². The molecular weight excluding hydrogens is 440 g/mol. The maximum atomic E-state index is 12.5. The second-order valence-electron chi connectivity index (χ2n) is 7.00. The Hall–Kier alpha value is -4.27. The smallest absolute Gasteiger partial charge is 0.326 e. The van der Waals surface area contributed by atoms with Crippen LogP contribution < -0.4 is 21.7 Å². The third kappa shape index (κ3) is 8.41. The lowest BCUT2D eigenvalue weighted by molar-refractivity contribution is -0.143. The number of aromatic nitrogens is 4. The van der Waals surface area contributed by atoms with Gasteiger partial charge in [0.1, 0.15) is 12.1 Å². The molecule has 0 aliphatic heterocycles. The topological polar surface area (TPSA) is 245 Å². The van der Waals surface area contributed by atoms with E-state index in [4.69, 9.17) is 10.8 Å². The summed E-state index contributed by atoms with van der Waals surface area (Å²) in [5.74, 6) is -5.29. The molecule has 15 nitrogen and oxygen atoms in total. The van der Waals surface area contributed by atoms with Crippen LogP contribution in [0.25, 0.3) is 0 Å². The molecule has 0 aliphatic rings. The summed E-state index contributed by atoms with van der Waals surface area (Å²) in [4.78, 5) is 72.3. The zero-order valence-electron chi connectivity index (χ0n) is 17.3. The van der Waals surface area contributed by atoms with Gasteiger partial charge in [-0.3, -0.25) is 19.2 Å². The molecule has 0 fully saturated rings. The Balaban J connectivity index is 1.91. The molecule has 0 aliphatic carbocycles. The van der Waals surface area contributed by atoms with Gasteiger partial charge in [-0.15, -0.1) is 0 Å². The van der Waals surface area contributed by atoms with Crippen molar-refractivity contribution in [1.82, 2.24) is 35.9 Å². The van der Waals surface area contributed by atoms with Gasteiger partial charge in [0.25, 0.3) is 0 Å². The van der Waals surface area contributed by atoms with Gasteiger partial charge in [0.15, 0.2) is 0 Å². The molecule has 3 unspecified atom stereocenters. The molecule has 0 bridgehead atoms. The number of nitrogens with zero attached hydrogens (tertiary/aromatic N) is 2. The van der Waals surface area contributed by atoms with E-state index in [9.17, 15) is 29.1 Å². The van der Waals surface area contributed by atoms with Crippen LogP contribution in [0.3, 0.4) is 0 Å². The molecule has 2 aromatic rings. The van der Waals surface area contributed by atoms with Crippen molar-refractivity contribution >= 4 is 29.7 Å². The van der Waals surface area contributed by atoms with E-state index >= 15 is 0 Å². The molecule has 33 heavy (non-hydrogen) atoms. The quantitative estimate of drug-likeness (QED) is 0.148. The number of carbonyl (C=O) groups excluding carboxylic acids is 3. The molecule has 2 rings (SSSR count). The van der Waals surface area contributed by atoms with Gasteiger partial charge < -0.3 is 41.9 Å². The molecule has 0 saturated carbocycles. The minimum atomic E-state index is -1.57. The highest BCUT2D eigenvalue weighted by atomic mass is 16.4. The molecule has 9 N–H and O–H groups in total. The number of imidazole rings is 2. The second kappa shape index (κ2) is 11.9. The largest absolute Gasteiger partial charge is 0.481 e. The molecule has 0 radical (unpaired) electrons. The highest BCUT2D eigenvalue weighted by Crippen LogP contribution is 2.02. The minimum absolute atomic E-state index is 0.140. The van der Waals surface area contributed by atoms with Gasteiger partial charge in [-0.25, -0.2) is 14.8 Å². The Morgan fingerprint density at radius 1 is 0.909 bits per heavy atom. The highest BCUT2D eigenvalue weighted by molar-refractivity contribution is 5.94. The van der Waals surface area contributed by atoms with Gasteiger partial charge in [0.05, 0.1) is 31.7 Å². The minimum Gasteiger partial charge on any atom is -0.481 e. The first-order valence-electron chi connectivity index (χ1n) is 9.67. The summed E-state index contributed by atoms with van der Waals surface area (Å²) in [6, 6.07) is -3.95. The van der Waals surface area contributed by atoms with Crippen molar-refractivity contribution < 1.29 is 34.2 Å². The van der Waals surface area contributed by atoms with Crippen molar-refractivity contribution in [1.29, 1.82) is 0 Å². The van der Waals surface area contributed by atoms with E-state index in [-0.39, 0.29) is 12.8 Å². The van der Waals surface area contributed by atoms with Crippen LogP contribution in [0.4, 0.5) is 0 Å². The van der Waals surface area contributed by atoms with Gasteiger partial charge in [-0.05, 0) is 0 Å². The third-order valence-electron chi connectivity index (χ3n) is 4.38. The van der Waals surface area contributed by atoms with Crippen LogP contribution >= 0.6 is 0 Å². The zero-order valence-corrected chi connectivity index (χ0v) is 17.3. The van der Waals surface area contributed by atoms with Crippen molar-refractivity contribution in [3.63, 3.8) is 0 Å². The number of aliphatic carboxylic acids is 2. The first kappa shape index (κ1) is 25.0. The van der Waals surface area contributed by atoms with Gasteiger partial charge in [-0.2, -0.15) is 0 Å². The number of H-pyrrole nitrogens is 2. The van der Waals surface area contributed by atoms with E-state index in [1.807, 2.05) is 0 Å². The lowest BCUT2D eigenvalue weighted by Gasteiger charge is -2.20. The van der Waals surface area contributed by atoms with Gasteiger partial charge in [0, 0.05) is 36.6 Å². The second-order valence-corrected chi connectivity index (χ2v) is 7.00. The summed E-state index contributed by atoms with van der Waals surface area (Å²) in [6.07, 6.45) is 4.82. The number of amides is 3. The maximum absolute atomic E-state index is 12.5. The first-order valence-corrected chi connectivity index (χ1v) is 9.67. The zero-order chi connectivity index (χ0) is 24.4. The van der Waals surface area contributed by atoms with Crippen molar-refractivity contribution in [3.8, 4) is 0 Å². The Bertz CT molecular complexity index is 961. The van der Waals surface area contributed by atoms with Gasteiger partial charge in [0.2, 0.25) is 17.7 Å². The van der Waals surface area contributed by atoms with Crippen LogP contribution in [0.5, 0.6) is 0 Å². The number of aromatic amines is 2. The molecule has 0 spiro atoms. The van der Waals surface area contributed by atoms with Crippen molar-refractivity contribution in [2.75, 3.05) is 6.54 Å². The summed E-state index contributed by atoms with van der Waals surface area (Å²) in [5, 5.41) is 25.0. The Labute approximate surface area is 186 Å². The SMILES string of the molecule is NC(Cc1cnc[nH]1)C(=O)NCC(=O)NC(CC(=O)O)C(=O)NC(Cc1cnc[nH]1)C(=O)O. The summed E-state index contributed by atoms with van der Waals surface area (Å²) < 4.78 is 0. The van der Waals surface area contributed by atoms with E-state index in [2.05, 4.69) is 35.9 Å². The summed E-state index contributed by atoms with van der Waals surface area (Å²) >= 11 is 0. The Morgan fingerprint density at radius 3 is 2.03 bits per heavy atom. The van der Waals surface area contributed by atoms with Crippen LogP contribution in [0.15, 0.2) is 25.0 Å². The Morgan fingerprint density at radius 2 is 1.52 bits per heavy atom. The fourth-order valence-corrected chi connectivity index (χ4v) is 2.74. The monoisotopic (exact) mass is 464 g/mol. The first-order chi connectivity index (χ1) is 15.7. The predicted molar refractivity (Wildman–Crippen MR) is 109 cm³/mol. The molecule has 3 amide bonds. The van der Waals surface area contributed by atoms with Crippen LogP contribution in [0, 0.1) is 0 Å². The molecule has 2 heterocycles. The summed E-state index contributed by atoms with van der Waals surface area (Å²) in [5.41, 5.74) is 6.79. The average molecular weight is 464 g/mol. The van der Waals surface area contributed by atoms with Crippen molar-refractivity contribution in [2.45, 2.75) is 37.4 Å². The number of rotatable bonds is 13. The number of carboxylic acids is 2. The number of nitrogens with two attached hydrogens (primary N) is 1. The molecule has 2 aromatic heterocycles. The number of nitrogens with one attached hydrogen (secondary N) is 5. The third-order valence-corrected chi connectivity index (χ3v) is 4.38. The van der Waals surface area contributed by atoms with E-state index < -0.39 is 60.8 Å². The number of carbonyl (C=O) groups is 5. The van der Waals surface area contributed by atoms with Crippen molar-refractivity contribution in [3.05, 3.63) is 36.4 Å². The summed E-state index contributed by atoms with van der Waals surface area (Å²) in [7, 11) is 0. The highest BCUT2D eigenvalue weighted by Gasteiger charge is 2.29. The van der Waals surface area contributed by atoms with Crippen LogP contribution in [-0.4, -0.2) is 84.5 Å². The standard InChI is InChI=1S/C18H24N8O7/c19-11(1-9-4-20-7-23-9)16(30)22-6-14(27)25-12(3-15(28)29)17(31)26-13(18(32)33)2-10-5-21-8-24-10/h4-5,7-8,11-13H,1-3,6,19H2,(H,20,23)(H,21,24)(H,22,30)(H,25,27)(H,26,31)(H,28,29)(H,32,33). The van der Waals surface area contributed by atoms with Crippen LogP contribution in [0.1, 0.15) is 17.8 Å². The summed E-state index contributed by atoms with van der Waals surface area (Å²) in [6.45, 7) is -0.574. The predicted octanol–water partition coefficient (Wildman–Crippen LogP) is -3.11. The van der Waals surface area contributed by atoms with E-state index in [1.165, 1.54) is 25.0 Å². The molecule has 0 saturated heterocycles. The normalized spacial score (nSPS) is 13.4. The van der Waals surface area contributed by atoms with Crippen LogP contribution in [0.2, 0.25) is 0 Å². The van der Waals surface area contributed by atoms with Gasteiger partial charge in [-0.1, -0.05) is 0 Å². The fourth-order valence-electron chi connectivity index (χ4n) is 2.74. The molecule has 3 atom stereocenters. The Kier molecular flexibility index (Phi) is 9.05. The van der Waals surface area contributed by atoms with Crippen LogP contribution in [-0.2, 0) is 36.8 Å². The number of hydrogen-bond donors (Lipinski definition) is 8. The molecule has 0 aromatic carbocycles. The lowest BCUT2D eigenvalue weighted by atomic mass is 10.1. The molecule has 178 valence electrons. The lowest BCUT2D eigenvalue weighted by Crippen LogP contribution is -2.54. The molecule has 15 heteroatoms. The van der Waals surface area contributed by atoms with Crippen molar-refractivity contribution in [2.24, 2.45) is 5.73 Å². The fraction of sp³-hybridized carbons (Fsp3) is 0.389. The van der Waals surface area contributed by atoms with Gasteiger partial charge >= 0.3 is 11.9 Å². The molecular formula is C18H24N8O7. The number of hydrogen-bond acceptors (Lipinski definition) is 8. The van der Waals surface area contributed by atoms with E-state index in [0.717, 1.165) is 0 Å². The van der Waals surface area contributed by atoms with E-state index in [0.29, 0.717) is 11.4 Å². The number of carboxylic acid groups (broad SMARTS) is 2. The average Bonchev–Trinajstić information content (AvgIpc) is 3.44.